The van der Waals surface area contributed by atoms with E-state index < -0.39 is 35.6 Å². The number of nitrogens with one attached hydrogen (secondary N) is 2. The monoisotopic (exact) mass is 558 g/mol. The Morgan fingerprint density at radius 1 is 1.05 bits per heavy atom. The standard InChI is InChI=1S/C31H50N4O5/c1-7-8-12-20-35(29(38)24(18-19-25(32)36)34-30(39)40-31(4,5)6)27(26-21(2)14-13-15-22(26)3)28(37)33-23-16-10-9-11-17-23/h13-15,23-24,27H,7-12,16-20H2,1-6H3,(H2,32,36)(H,33,37)(H,34,39). The maximum absolute atomic E-state index is 14.3. The summed E-state index contributed by atoms with van der Waals surface area (Å²) in [6.07, 6.45) is 6.75. The molecular formula is C31H50N4O5. The molecule has 0 spiro atoms. The number of nitrogens with zero attached hydrogens (tertiary/aromatic N) is 1. The van der Waals surface area contributed by atoms with Crippen LogP contribution in [0.3, 0.4) is 0 Å². The van der Waals surface area contributed by atoms with Crippen LogP contribution in [0.2, 0.25) is 0 Å². The van der Waals surface area contributed by atoms with Gasteiger partial charge < -0.3 is 26.0 Å². The van der Waals surface area contributed by atoms with Gasteiger partial charge in [-0.1, -0.05) is 57.2 Å². The predicted molar refractivity (Wildman–Crippen MR) is 156 cm³/mol. The average molecular weight is 559 g/mol. The molecule has 0 heterocycles. The van der Waals surface area contributed by atoms with Crippen LogP contribution in [0.25, 0.3) is 0 Å². The number of unbranched alkanes of at least 4 members (excludes halogenated alkanes) is 2. The van der Waals surface area contributed by atoms with Gasteiger partial charge in [0.2, 0.25) is 17.7 Å². The number of carbonyl (C=O) groups excluding carboxylic acids is 4. The van der Waals surface area contributed by atoms with Gasteiger partial charge in [0.1, 0.15) is 17.7 Å². The van der Waals surface area contributed by atoms with Crippen LogP contribution in [0.1, 0.15) is 115 Å². The third-order valence-electron chi connectivity index (χ3n) is 7.28. The third kappa shape index (κ3) is 10.5. The van der Waals surface area contributed by atoms with E-state index in [-0.39, 0.29) is 24.8 Å². The SMILES string of the molecule is CCCCCN(C(=O)C(CCC(N)=O)NC(=O)OC(C)(C)C)C(C(=O)NC1CCCCC1)c1c(C)cccc1C. The smallest absolute Gasteiger partial charge is 0.408 e. The molecule has 4 N–H and O–H groups in total. The molecule has 0 bridgehead atoms. The number of alkyl carbamates (subject to hydrolysis) is 1. The van der Waals surface area contributed by atoms with Crippen molar-refractivity contribution in [1.82, 2.24) is 15.5 Å². The fraction of sp³-hybridized carbons (Fsp3) is 0.677. The topological polar surface area (TPSA) is 131 Å². The van der Waals surface area contributed by atoms with E-state index in [4.69, 9.17) is 10.5 Å². The van der Waals surface area contributed by atoms with E-state index in [9.17, 15) is 19.2 Å². The second-order valence-corrected chi connectivity index (χ2v) is 12.0. The highest BCUT2D eigenvalue weighted by atomic mass is 16.6. The predicted octanol–water partition coefficient (Wildman–Crippen LogP) is 4.97. The summed E-state index contributed by atoms with van der Waals surface area (Å²) in [5, 5.41) is 5.90. The molecule has 4 amide bonds. The Bertz CT molecular complexity index is 993. The third-order valence-corrected chi connectivity index (χ3v) is 7.28. The number of amides is 4. The van der Waals surface area contributed by atoms with Gasteiger partial charge in [0.25, 0.3) is 0 Å². The Hall–Kier alpha value is -3.10. The fourth-order valence-electron chi connectivity index (χ4n) is 5.31. The van der Waals surface area contributed by atoms with Gasteiger partial charge in [0.15, 0.2) is 0 Å². The summed E-state index contributed by atoms with van der Waals surface area (Å²) < 4.78 is 5.42. The van der Waals surface area contributed by atoms with Gasteiger partial charge in [-0.25, -0.2) is 4.79 Å². The second kappa shape index (κ2) is 15.6. The summed E-state index contributed by atoms with van der Waals surface area (Å²) in [6, 6.07) is 3.92. The number of nitrogens with two attached hydrogens (primary N) is 1. The number of rotatable bonds is 13. The molecule has 40 heavy (non-hydrogen) atoms. The number of aryl methyl sites for hydroxylation is 2. The number of carbonyl (C=O) groups is 4. The van der Waals surface area contributed by atoms with Crippen LogP contribution in [0, 0.1) is 13.8 Å². The normalized spacial score (nSPS) is 15.6. The first-order valence-corrected chi connectivity index (χ1v) is 14.8. The lowest BCUT2D eigenvalue weighted by atomic mass is 9.91. The fourth-order valence-corrected chi connectivity index (χ4v) is 5.31. The second-order valence-electron chi connectivity index (χ2n) is 12.0. The summed E-state index contributed by atoms with van der Waals surface area (Å²) in [6.45, 7) is 11.5. The maximum Gasteiger partial charge on any atom is 0.408 e. The highest BCUT2D eigenvalue weighted by Crippen LogP contribution is 2.30. The van der Waals surface area contributed by atoms with Crippen molar-refractivity contribution in [1.29, 1.82) is 0 Å². The van der Waals surface area contributed by atoms with Crippen molar-refractivity contribution in [2.75, 3.05) is 6.54 Å². The lowest BCUT2D eigenvalue weighted by Crippen LogP contribution is -2.54. The minimum Gasteiger partial charge on any atom is -0.444 e. The molecule has 1 aliphatic rings. The van der Waals surface area contributed by atoms with Crippen molar-refractivity contribution in [3.63, 3.8) is 0 Å². The Kier molecular flexibility index (Phi) is 12.9. The molecule has 9 nitrogen and oxygen atoms in total. The minimum absolute atomic E-state index is 0.00139. The summed E-state index contributed by atoms with van der Waals surface area (Å²) >= 11 is 0. The van der Waals surface area contributed by atoms with Gasteiger partial charge in [-0.3, -0.25) is 14.4 Å². The van der Waals surface area contributed by atoms with E-state index in [1.165, 1.54) is 0 Å². The zero-order chi connectivity index (χ0) is 29.9. The van der Waals surface area contributed by atoms with Crippen molar-refractivity contribution in [2.24, 2.45) is 5.73 Å². The zero-order valence-corrected chi connectivity index (χ0v) is 25.3. The molecule has 1 aromatic carbocycles. The van der Waals surface area contributed by atoms with E-state index in [0.717, 1.165) is 61.6 Å². The van der Waals surface area contributed by atoms with E-state index in [1.807, 2.05) is 32.0 Å². The van der Waals surface area contributed by atoms with Crippen molar-refractivity contribution in [2.45, 2.75) is 129 Å². The van der Waals surface area contributed by atoms with E-state index >= 15 is 0 Å². The molecule has 1 saturated carbocycles. The average Bonchev–Trinajstić information content (AvgIpc) is 2.86. The largest absolute Gasteiger partial charge is 0.444 e. The number of hydrogen-bond acceptors (Lipinski definition) is 5. The maximum atomic E-state index is 14.3. The molecule has 1 aromatic rings. The highest BCUT2D eigenvalue weighted by molar-refractivity contribution is 5.93. The molecule has 0 radical (unpaired) electrons. The van der Waals surface area contributed by atoms with Crippen molar-refractivity contribution in [3.8, 4) is 0 Å². The molecule has 9 heteroatoms. The number of hydrogen-bond donors (Lipinski definition) is 3. The molecule has 0 aliphatic heterocycles. The Labute approximate surface area is 240 Å². The Balaban J connectivity index is 2.54. The Morgan fingerprint density at radius 3 is 2.23 bits per heavy atom. The van der Waals surface area contributed by atoms with Crippen molar-refractivity contribution < 1.29 is 23.9 Å². The highest BCUT2D eigenvalue weighted by Gasteiger charge is 2.38. The summed E-state index contributed by atoms with van der Waals surface area (Å²) in [5.74, 6) is -1.24. The molecule has 2 rings (SSSR count). The van der Waals surface area contributed by atoms with Gasteiger partial charge in [-0.05, 0) is 77.0 Å². The summed E-state index contributed by atoms with van der Waals surface area (Å²) in [5.41, 5.74) is 7.24. The van der Waals surface area contributed by atoms with Crippen LogP contribution in [0.4, 0.5) is 4.79 Å². The van der Waals surface area contributed by atoms with Gasteiger partial charge in [-0.2, -0.15) is 0 Å². The van der Waals surface area contributed by atoms with Crippen LogP contribution in [0.5, 0.6) is 0 Å². The first-order valence-electron chi connectivity index (χ1n) is 14.8. The first kappa shape index (κ1) is 33.1. The zero-order valence-electron chi connectivity index (χ0n) is 25.3. The van der Waals surface area contributed by atoms with Gasteiger partial charge in [0, 0.05) is 19.0 Å². The molecule has 1 fully saturated rings. The Morgan fingerprint density at radius 2 is 1.68 bits per heavy atom. The van der Waals surface area contributed by atoms with Crippen LogP contribution in [-0.4, -0.2) is 52.9 Å². The van der Waals surface area contributed by atoms with Crippen LogP contribution < -0.4 is 16.4 Å². The minimum atomic E-state index is -1.08. The lowest BCUT2D eigenvalue weighted by Gasteiger charge is -2.37. The van der Waals surface area contributed by atoms with Crippen molar-refractivity contribution >= 4 is 23.8 Å². The van der Waals surface area contributed by atoms with Crippen LogP contribution >= 0.6 is 0 Å². The molecule has 2 atom stereocenters. The number of primary amides is 1. The van der Waals surface area contributed by atoms with Gasteiger partial charge in [0.05, 0.1) is 0 Å². The number of benzene rings is 1. The summed E-state index contributed by atoms with van der Waals surface area (Å²) in [7, 11) is 0. The molecule has 1 aliphatic carbocycles. The molecule has 0 aromatic heterocycles. The molecule has 0 saturated heterocycles. The van der Waals surface area contributed by atoms with E-state index in [0.29, 0.717) is 13.0 Å². The van der Waals surface area contributed by atoms with Crippen LogP contribution in [-0.2, 0) is 19.1 Å². The van der Waals surface area contributed by atoms with Crippen molar-refractivity contribution in [3.05, 3.63) is 34.9 Å². The van der Waals surface area contributed by atoms with Gasteiger partial charge >= 0.3 is 6.09 Å². The van der Waals surface area contributed by atoms with E-state index in [1.54, 1.807) is 25.7 Å². The first-order chi connectivity index (χ1) is 18.8. The lowest BCUT2D eigenvalue weighted by molar-refractivity contribution is -0.143. The van der Waals surface area contributed by atoms with E-state index in [2.05, 4.69) is 17.6 Å². The van der Waals surface area contributed by atoms with Gasteiger partial charge in [-0.15, -0.1) is 0 Å². The number of ether oxygens (including phenoxy) is 1. The molecule has 2 unspecified atom stereocenters. The molecule has 224 valence electrons. The molecular weight excluding hydrogens is 508 g/mol. The summed E-state index contributed by atoms with van der Waals surface area (Å²) in [4.78, 5) is 54.4. The van der Waals surface area contributed by atoms with Crippen LogP contribution in [0.15, 0.2) is 18.2 Å². The quantitative estimate of drug-likeness (QED) is 0.294.